The lowest BCUT2D eigenvalue weighted by Gasteiger charge is -2.11. The second-order valence-electron chi connectivity index (χ2n) is 4.95. The molecule has 3 heteroatoms. The molecule has 1 aromatic carbocycles. The predicted octanol–water partition coefficient (Wildman–Crippen LogP) is 2.47. The number of methoxy groups -OCH3 is 1. The minimum atomic E-state index is 0.352. The zero-order valence-electron chi connectivity index (χ0n) is 10.3. The second-order valence-corrected chi connectivity index (χ2v) is 4.95. The van der Waals surface area contributed by atoms with Gasteiger partial charge in [-0.3, -0.25) is 0 Å². The Bertz CT molecular complexity index is 540. The third-order valence-corrected chi connectivity index (χ3v) is 3.80. The van der Waals surface area contributed by atoms with Gasteiger partial charge in [0.05, 0.1) is 7.11 Å². The number of ether oxygens (including phenoxy) is 1. The van der Waals surface area contributed by atoms with Crippen LogP contribution in [0.1, 0.15) is 18.5 Å². The van der Waals surface area contributed by atoms with Crippen molar-refractivity contribution in [3.8, 4) is 5.75 Å². The lowest BCUT2D eigenvalue weighted by molar-refractivity contribution is 0.415. The summed E-state index contributed by atoms with van der Waals surface area (Å²) in [5, 5.41) is 4.68. The molecule has 3 rings (SSSR count). The van der Waals surface area contributed by atoms with Crippen LogP contribution in [0.4, 0.5) is 0 Å². The number of H-pyrrole nitrogens is 1. The summed E-state index contributed by atoms with van der Waals surface area (Å²) in [6, 6.07) is 8.40. The summed E-state index contributed by atoms with van der Waals surface area (Å²) in [6.07, 6.45) is 3.64. The summed E-state index contributed by atoms with van der Waals surface area (Å²) in [4.78, 5) is 3.48. The van der Waals surface area contributed by atoms with Gasteiger partial charge in [-0.15, -0.1) is 0 Å². The maximum absolute atomic E-state index is 5.23. The van der Waals surface area contributed by atoms with E-state index in [1.165, 1.54) is 23.9 Å². The van der Waals surface area contributed by atoms with Crippen LogP contribution in [0.3, 0.4) is 0 Å². The van der Waals surface area contributed by atoms with Gasteiger partial charge in [0.25, 0.3) is 0 Å². The summed E-state index contributed by atoms with van der Waals surface area (Å²) in [5.41, 5.74) is 2.82. The van der Waals surface area contributed by atoms with Gasteiger partial charge in [-0.05, 0) is 43.5 Å². The number of fused-ring (bicyclic) bond motifs is 1. The first-order chi connectivity index (χ1) is 8.24. The SMILES string of the molecule is CNC1(Cc2cc3ccc(OC)cc3[nH]2)CC1. The van der Waals surface area contributed by atoms with E-state index in [1.54, 1.807) is 7.11 Å². The van der Waals surface area contributed by atoms with E-state index in [1.807, 2.05) is 6.07 Å². The fraction of sp³-hybridized carbons (Fsp3) is 0.429. The van der Waals surface area contributed by atoms with E-state index in [4.69, 9.17) is 4.74 Å². The molecule has 0 radical (unpaired) electrons. The molecule has 3 nitrogen and oxygen atoms in total. The highest BCUT2D eigenvalue weighted by atomic mass is 16.5. The molecule has 1 saturated carbocycles. The Kier molecular flexibility index (Phi) is 2.37. The van der Waals surface area contributed by atoms with Crippen molar-refractivity contribution in [2.75, 3.05) is 14.2 Å². The van der Waals surface area contributed by atoms with Crippen LogP contribution in [0.5, 0.6) is 5.75 Å². The smallest absolute Gasteiger partial charge is 0.120 e. The number of hydrogen-bond donors (Lipinski definition) is 2. The summed E-state index contributed by atoms with van der Waals surface area (Å²) in [7, 11) is 3.75. The van der Waals surface area contributed by atoms with E-state index in [0.29, 0.717) is 5.54 Å². The standard InChI is InChI=1S/C14H18N2O/c1-15-14(5-6-14)9-11-7-10-3-4-12(17-2)8-13(10)16-11/h3-4,7-8,15-16H,5-6,9H2,1-2H3. The number of aromatic nitrogens is 1. The highest BCUT2D eigenvalue weighted by molar-refractivity contribution is 5.81. The average molecular weight is 230 g/mol. The zero-order chi connectivity index (χ0) is 11.9. The first-order valence-corrected chi connectivity index (χ1v) is 6.09. The van der Waals surface area contributed by atoms with Gasteiger partial charge >= 0.3 is 0 Å². The summed E-state index contributed by atoms with van der Waals surface area (Å²) in [5.74, 6) is 0.903. The number of likely N-dealkylation sites (N-methyl/N-ethyl adjacent to an activating group) is 1. The Morgan fingerprint density at radius 2 is 2.18 bits per heavy atom. The van der Waals surface area contributed by atoms with Crippen molar-refractivity contribution in [2.45, 2.75) is 24.8 Å². The fourth-order valence-electron chi connectivity index (χ4n) is 2.42. The number of benzene rings is 1. The molecule has 0 aliphatic heterocycles. The molecule has 1 heterocycles. The number of aromatic amines is 1. The van der Waals surface area contributed by atoms with Gasteiger partial charge in [0.15, 0.2) is 0 Å². The molecule has 1 aliphatic carbocycles. The Labute approximate surface area is 101 Å². The molecule has 0 saturated heterocycles. The molecule has 0 atom stereocenters. The van der Waals surface area contributed by atoms with Crippen molar-refractivity contribution in [1.29, 1.82) is 0 Å². The quantitative estimate of drug-likeness (QED) is 0.846. The maximum atomic E-state index is 5.23. The highest BCUT2D eigenvalue weighted by Crippen LogP contribution is 2.38. The lowest BCUT2D eigenvalue weighted by atomic mass is 10.1. The van der Waals surface area contributed by atoms with E-state index in [9.17, 15) is 0 Å². The van der Waals surface area contributed by atoms with E-state index < -0.39 is 0 Å². The van der Waals surface area contributed by atoms with Crippen LogP contribution in [0.15, 0.2) is 24.3 Å². The normalized spacial score (nSPS) is 17.3. The third kappa shape index (κ3) is 1.91. The molecule has 0 bridgehead atoms. The van der Waals surface area contributed by atoms with Crippen molar-refractivity contribution in [3.63, 3.8) is 0 Å². The minimum Gasteiger partial charge on any atom is -0.497 e. The first-order valence-electron chi connectivity index (χ1n) is 6.09. The lowest BCUT2D eigenvalue weighted by Crippen LogP contribution is -2.29. The van der Waals surface area contributed by atoms with Crippen LogP contribution in [-0.4, -0.2) is 24.7 Å². The van der Waals surface area contributed by atoms with E-state index in [2.05, 4.69) is 35.5 Å². The van der Waals surface area contributed by atoms with Crippen LogP contribution < -0.4 is 10.1 Å². The van der Waals surface area contributed by atoms with Crippen LogP contribution in [-0.2, 0) is 6.42 Å². The molecule has 90 valence electrons. The second kappa shape index (κ2) is 3.77. The number of hydrogen-bond acceptors (Lipinski definition) is 2. The molecule has 1 aromatic heterocycles. The number of nitrogens with one attached hydrogen (secondary N) is 2. The molecule has 2 N–H and O–H groups in total. The van der Waals surface area contributed by atoms with Gasteiger partial charge < -0.3 is 15.0 Å². The summed E-state index contributed by atoms with van der Waals surface area (Å²) < 4.78 is 5.23. The Balaban J connectivity index is 1.91. The first kappa shape index (κ1) is 10.7. The predicted molar refractivity (Wildman–Crippen MR) is 69.6 cm³/mol. The van der Waals surface area contributed by atoms with E-state index >= 15 is 0 Å². The highest BCUT2D eigenvalue weighted by Gasteiger charge is 2.41. The maximum Gasteiger partial charge on any atom is 0.120 e. The van der Waals surface area contributed by atoms with Gasteiger partial charge in [-0.2, -0.15) is 0 Å². The van der Waals surface area contributed by atoms with E-state index in [-0.39, 0.29) is 0 Å². The van der Waals surface area contributed by atoms with Gasteiger partial charge in [0.1, 0.15) is 5.75 Å². The molecule has 0 amide bonds. The van der Waals surface area contributed by atoms with Crippen molar-refractivity contribution in [2.24, 2.45) is 0 Å². The molecule has 17 heavy (non-hydrogen) atoms. The average Bonchev–Trinajstić information content (AvgIpc) is 3.01. The van der Waals surface area contributed by atoms with Crippen LogP contribution in [0.2, 0.25) is 0 Å². The van der Waals surface area contributed by atoms with Gasteiger partial charge in [0, 0.05) is 29.2 Å². The Morgan fingerprint density at radius 1 is 1.35 bits per heavy atom. The Hall–Kier alpha value is -1.48. The Morgan fingerprint density at radius 3 is 2.82 bits per heavy atom. The monoisotopic (exact) mass is 230 g/mol. The van der Waals surface area contributed by atoms with Gasteiger partial charge in [-0.25, -0.2) is 0 Å². The topological polar surface area (TPSA) is 37.0 Å². The molecule has 2 aromatic rings. The van der Waals surface area contributed by atoms with Crippen molar-refractivity contribution in [3.05, 3.63) is 30.0 Å². The van der Waals surface area contributed by atoms with Crippen molar-refractivity contribution < 1.29 is 4.74 Å². The molecule has 0 spiro atoms. The molecular weight excluding hydrogens is 212 g/mol. The van der Waals surface area contributed by atoms with Crippen LogP contribution in [0, 0.1) is 0 Å². The zero-order valence-corrected chi connectivity index (χ0v) is 10.3. The third-order valence-electron chi connectivity index (χ3n) is 3.80. The fourth-order valence-corrected chi connectivity index (χ4v) is 2.42. The van der Waals surface area contributed by atoms with Crippen molar-refractivity contribution >= 4 is 10.9 Å². The van der Waals surface area contributed by atoms with Gasteiger partial charge in [0.2, 0.25) is 0 Å². The largest absolute Gasteiger partial charge is 0.497 e. The number of rotatable bonds is 4. The molecule has 0 unspecified atom stereocenters. The summed E-state index contributed by atoms with van der Waals surface area (Å²) >= 11 is 0. The van der Waals surface area contributed by atoms with Crippen molar-refractivity contribution in [1.82, 2.24) is 10.3 Å². The van der Waals surface area contributed by atoms with Gasteiger partial charge in [-0.1, -0.05) is 0 Å². The van der Waals surface area contributed by atoms with Crippen LogP contribution >= 0.6 is 0 Å². The molecule has 1 aliphatic rings. The molecular formula is C14H18N2O. The van der Waals surface area contributed by atoms with E-state index in [0.717, 1.165) is 17.7 Å². The molecule has 1 fully saturated rings. The minimum absolute atomic E-state index is 0.352. The summed E-state index contributed by atoms with van der Waals surface area (Å²) in [6.45, 7) is 0. The van der Waals surface area contributed by atoms with Crippen LogP contribution in [0.25, 0.3) is 10.9 Å².